The maximum atomic E-state index is 10.8. The summed E-state index contributed by atoms with van der Waals surface area (Å²) in [5.74, 6) is 2.04. The van der Waals surface area contributed by atoms with Gasteiger partial charge in [0.1, 0.15) is 0 Å². The monoisotopic (exact) mass is 483 g/mol. The van der Waals surface area contributed by atoms with Crippen molar-refractivity contribution < 1.29 is 27.3 Å². The molecule has 1 atom stereocenters. The van der Waals surface area contributed by atoms with E-state index in [1.165, 1.54) is 0 Å². The molecule has 2 rings (SSSR count). The number of hydrogen-bond acceptors (Lipinski definition) is 5. The Morgan fingerprint density at radius 3 is 2.71 bits per heavy atom. The number of nitrogens with zero attached hydrogens (tertiary/aromatic N) is 1. The molecule has 0 amide bonds. The summed E-state index contributed by atoms with van der Waals surface area (Å²) in [4.78, 5) is 11.7. The van der Waals surface area contributed by atoms with E-state index in [1.54, 1.807) is 0 Å². The Labute approximate surface area is 156 Å². The molecular weight excluding hydrogens is 462 g/mol. The first-order valence-corrected chi connectivity index (χ1v) is 14.9. The van der Waals surface area contributed by atoms with E-state index in [-0.39, 0.29) is 6.10 Å². The van der Waals surface area contributed by atoms with Gasteiger partial charge in [0.05, 0.1) is 0 Å². The van der Waals surface area contributed by atoms with Gasteiger partial charge in [-0.15, -0.1) is 0 Å². The van der Waals surface area contributed by atoms with Gasteiger partial charge >= 0.3 is 157 Å². The Balaban J connectivity index is 2.43. The molecular formula is C15H21Cl2NO4RuS. The van der Waals surface area contributed by atoms with Crippen LogP contribution in [0.3, 0.4) is 0 Å². The fourth-order valence-electron chi connectivity index (χ4n) is 2.33. The normalized spacial score (nSPS) is 19.8. The van der Waals surface area contributed by atoms with Crippen molar-refractivity contribution in [3.05, 3.63) is 28.7 Å². The van der Waals surface area contributed by atoms with Crippen LogP contribution in [-0.2, 0) is 22.5 Å². The van der Waals surface area contributed by atoms with Crippen LogP contribution in [0.15, 0.2) is 28.4 Å². The van der Waals surface area contributed by atoms with Crippen molar-refractivity contribution in [2.24, 2.45) is 5.34 Å². The van der Waals surface area contributed by atoms with Crippen molar-refractivity contribution in [3.63, 3.8) is 0 Å². The maximum absolute atomic E-state index is 10.8. The Morgan fingerprint density at radius 1 is 1.42 bits per heavy atom. The van der Waals surface area contributed by atoms with Gasteiger partial charge in [0.2, 0.25) is 0 Å². The van der Waals surface area contributed by atoms with Gasteiger partial charge in [-0.2, -0.15) is 0 Å². The molecule has 1 aliphatic heterocycles. The Bertz CT molecular complexity index is 607. The molecule has 0 aliphatic carbocycles. The molecule has 0 saturated carbocycles. The predicted octanol–water partition coefficient (Wildman–Crippen LogP) is 4.75. The average Bonchev–Trinajstić information content (AvgIpc) is 2.57. The van der Waals surface area contributed by atoms with Crippen LogP contribution in [0.5, 0.6) is 5.75 Å². The molecule has 1 aromatic rings. The van der Waals surface area contributed by atoms with Crippen LogP contribution < -0.4 is 4.74 Å². The van der Waals surface area contributed by atoms with Crippen LogP contribution in [0.2, 0.25) is 0 Å². The van der Waals surface area contributed by atoms with Crippen LogP contribution in [-0.4, -0.2) is 35.4 Å². The van der Waals surface area contributed by atoms with E-state index >= 15 is 0 Å². The number of rotatable bonds is 7. The fraction of sp³-hybridized carbons (Fsp3) is 0.533. The van der Waals surface area contributed by atoms with Crippen molar-refractivity contribution in [2.75, 3.05) is 24.7 Å². The first-order valence-electron chi connectivity index (χ1n) is 7.52. The molecule has 24 heavy (non-hydrogen) atoms. The summed E-state index contributed by atoms with van der Waals surface area (Å²) in [6, 6.07) is 5.81. The molecule has 0 bridgehead atoms. The molecule has 1 aromatic carbocycles. The van der Waals surface area contributed by atoms with Crippen molar-refractivity contribution >= 4 is 34.3 Å². The van der Waals surface area contributed by atoms with E-state index in [0.29, 0.717) is 24.7 Å². The molecule has 9 heteroatoms. The van der Waals surface area contributed by atoms with E-state index in [4.69, 9.17) is 33.1 Å². The Morgan fingerprint density at radius 2 is 2.12 bits per heavy atom. The zero-order valence-electron chi connectivity index (χ0n) is 13.5. The van der Waals surface area contributed by atoms with Gasteiger partial charge in [0.25, 0.3) is 0 Å². The Hall–Kier alpha value is -0.197. The van der Waals surface area contributed by atoms with E-state index in [0.717, 1.165) is 22.6 Å². The van der Waals surface area contributed by atoms with Crippen molar-refractivity contribution in [3.8, 4) is 5.75 Å². The first kappa shape index (κ1) is 20.1. The second-order valence-electron chi connectivity index (χ2n) is 5.32. The van der Waals surface area contributed by atoms with Crippen LogP contribution >= 0.6 is 29.7 Å². The summed E-state index contributed by atoms with van der Waals surface area (Å²) in [6.45, 7) is 5.18. The number of halogens is 2. The zero-order chi connectivity index (χ0) is 17.6. The van der Waals surface area contributed by atoms with Crippen molar-refractivity contribution in [1.82, 2.24) is 0 Å². The summed E-state index contributed by atoms with van der Waals surface area (Å²) < 4.78 is 18.6. The second kappa shape index (κ2) is 9.49. The van der Waals surface area contributed by atoms with Crippen LogP contribution in [0.1, 0.15) is 25.8 Å². The van der Waals surface area contributed by atoms with Crippen LogP contribution in [0.4, 0.5) is 0 Å². The summed E-state index contributed by atoms with van der Waals surface area (Å²) in [6.07, 6.45) is 0.987. The topological polar surface area (TPSA) is 57.1 Å². The zero-order valence-corrected chi connectivity index (χ0v) is 17.6. The third kappa shape index (κ3) is 5.15. The van der Waals surface area contributed by atoms with Crippen LogP contribution in [0.25, 0.3) is 0 Å². The minimum absolute atomic E-state index is 0.0894. The molecule has 1 unspecified atom stereocenters. The molecule has 138 valence electrons. The van der Waals surface area contributed by atoms with E-state index in [9.17, 15) is 4.91 Å². The molecule has 5 nitrogen and oxygen atoms in total. The molecule has 0 spiro atoms. The third-order valence-electron chi connectivity index (χ3n) is 3.79. The Kier molecular flexibility index (Phi) is 7.95. The van der Waals surface area contributed by atoms with E-state index in [2.05, 4.69) is 12.3 Å². The molecule has 0 aromatic heterocycles. The molecule has 0 radical (unpaired) electrons. The summed E-state index contributed by atoms with van der Waals surface area (Å²) >= 11 is -2.03. The first-order chi connectivity index (χ1) is 11.5. The van der Waals surface area contributed by atoms with Gasteiger partial charge in [-0.05, 0) is 0 Å². The van der Waals surface area contributed by atoms with Gasteiger partial charge in [0.15, 0.2) is 0 Å². The predicted molar refractivity (Wildman–Crippen MR) is 97.0 cm³/mol. The van der Waals surface area contributed by atoms with E-state index < -0.39 is 23.8 Å². The minimum atomic E-state index is -2.03. The molecule has 1 aliphatic rings. The molecule has 1 heterocycles. The fourth-order valence-corrected chi connectivity index (χ4v) is 6.57. The van der Waals surface area contributed by atoms with Gasteiger partial charge in [-0.1, -0.05) is 0 Å². The summed E-state index contributed by atoms with van der Waals surface area (Å²) in [5.41, 5.74) is 0.851. The molecule has 0 N–H and O–H groups in total. The van der Waals surface area contributed by atoms with Gasteiger partial charge < -0.3 is 0 Å². The number of benzene rings is 1. The number of hydrogen-bond donors (Lipinski definition) is 0. The SMILES string of the molecule is CCC(C)Oc1ccc(S2(ON=O)CCOCC2)cc1[CH]=[Ru]([Cl])[Cl]. The average molecular weight is 483 g/mol. The van der Waals surface area contributed by atoms with E-state index in [1.807, 2.05) is 29.7 Å². The summed E-state index contributed by atoms with van der Waals surface area (Å²) in [7, 11) is 10.4. The molecule has 1 fully saturated rings. The van der Waals surface area contributed by atoms with Crippen molar-refractivity contribution in [1.29, 1.82) is 0 Å². The molecule has 1 saturated heterocycles. The standard InChI is InChI=1S/C15H21NO4S.2ClH.Ru/c1-4-13(3)19-15-6-5-14(11-12(15)2)21(20-16-17)9-7-18-8-10-21;;;/h2,5-6,11,13H,4,7-10H2,1,3H3;2*1H;/q;;;+2/p-2. The van der Waals surface area contributed by atoms with Gasteiger partial charge in [-0.25, -0.2) is 0 Å². The van der Waals surface area contributed by atoms with Gasteiger partial charge in [0, 0.05) is 0 Å². The van der Waals surface area contributed by atoms with Gasteiger partial charge in [-0.3, -0.25) is 0 Å². The summed E-state index contributed by atoms with van der Waals surface area (Å²) in [5, 5.41) is 2.73. The number of ether oxygens (including phenoxy) is 2. The third-order valence-corrected chi connectivity index (χ3v) is 8.73. The van der Waals surface area contributed by atoms with Crippen molar-refractivity contribution in [2.45, 2.75) is 31.3 Å². The second-order valence-corrected chi connectivity index (χ2v) is 14.1. The quantitative estimate of drug-likeness (QED) is 0.319. The van der Waals surface area contributed by atoms with Crippen LogP contribution in [0, 0.1) is 4.91 Å².